The van der Waals surface area contributed by atoms with Gasteiger partial charge < -0.3 is 25.3 Å². The van der Waals surface area contributed by atoms with Gasteiger partial charge in [-0.1, -0.05) is 12.1 Å². The van der Waals surface area contributed by atoms with Crippen LogP contribution in [0.25, 0.3) is 33.4 Å². The van der Waals surface area contributed by atoms with Crippen LogP contribution in [-0.4, -0.2) is 54.9 Å². The summed E-state index contributed by atoms with van der Waals surface area (Å²) >= 11 is 0. The average molecular weight is 735 g/mol. The highest BCUT2D eigenvalue weighted by molar-refractivity contribution is 6.05. The molecule has 0 atom stereocenters. The van der Waals surface area contributed by atoms with Crippen LogP contribution < -0.4 is 16.5 Å². The third-order valence-electron chi connectivity index (χ3n) is 9.14. The van der Waals surface area contributed by atoms with Gasteiger partial charge in [-0.15, -0.1) is 0 Å². The summed E-state index contributed by atoms with van der Waals surface area (Å²) in [6.07, 6.45) is 7.54. The van der Waals surface area contributed by atoms with Crippen LogP contribution in [0.5, 0.6) is 0 Å². The number of anilines is 2. The Balaban J connectivity index is 1.21. The zero-order chi connectivity index (χ0) is 38.9. The Kier molecular flexibility index (Phi) is 10.3. The third-order valence-corrected chi connectivity index (χ3v) is 9.14. The van der Waals surface area contributed by atoms with E-state index in [-0.39, 0.29) is 57.6 Å². The first-order valence-electron chi connectivity index (χ1n) is 17.5. The van der Waals surface area contributed by atoms with Crippen LogP contribution in [0.15, 0.2) is 78.1 Å². The van der Waals surface area contributed by atoms with Gasteiger partial charge in [-0.3, -0.25) is 14.3 Å². The number of likely N-dealkylation sites (tertiary alicyclic amines) is 1. The molecule has 54 heavy (non-hydrogen) atoms. The molecule has 3 N–H and O–H groups in total. The van der Waals surface area contributed by atoms with E-state index < -0.39 is 28.6 Å². The second-order valence-corrected chi connectivity index (χ2v) is 14.4. The predicted octanol–water partition coefficient (Wildman–Crippen LogP) is 7.58. The van der Waals surface area contributed by atoms with E-state index in [1.54, 1.807) is 37.2 Å². The van der Waals surface area contributed by atoms with Gasteiger partial charge in [0.15, 0.2) is 0 Å². The number of nitrogens with two attached hydrogens (primary N) is 1. The van der Waals surface area contributed by atoms with Crippen molar-refractivity contribution in [2.45, 2.75) is 65.1 Å². The SMILES string of the molecule is CC(C)n1cc(C(=O)Nc2ccc(-c3cc(-c4cnn(C5CCN(C(=O)OC(C)(C)C)CC5)c4)cnc3N)c(F)c2)c(=O)c(-c2ccc(F)cc2)c1C#N. The lowest BCUT2D eigenvalue weighted by atomic mass is 10.00. The molecule has 3 aromatic heterocycles. The molecule has 0 spiro atoms. The van der Waals surface area contributed by atoms with E-state index in [0.717, 1.165) is 11.6 Å². The summed E-state index contributed by atoms with van der Waals surface area (Å²) in [6.45, 7) is 10.2. The molecule has 1 aliphatic rings. The number of rotatable bonds is 7. The number of amides is 2. The Morgan fingerprint density at radius 1 is 0.981 bits per heavy atom. The van der Waals surface area contributed by atoms with Crippen LogP contribution in [0.3, 0.4) is 0 Å². The van der Waals surface area contributed by atoms with Crippen molar-refractivity contribution >= 4 is 23.5 Å². The van der Waals surface area contributed by atoms with E-state index in [9.17, 15) is 24.0 Å². The van der Waals surface area contributed by atoms with Gasteiger partial charge in [0.25, 0.3) is 5.91 Å². The van der Waals surface area contributed by atoms with Crippen molar-refractivity contribution in [2.24, 2.45) is 0 Å². The van der Waals surface area contributed by atoms with Crippen LogP contribution in [0, 0.1) is 23.0 Å². The molecule has 278 valence electrons. The van der Waals surface area contributed by atoms with Crippen molar-refractivity contribution in [3.05, 3.63) is 106 Å². The topological polar surface area (TPSA) is 161 Å². The minimum Gasteiger partial charge on any atom is -0.444 e. The Hall–Kier alpha value is -6.36. The van der Waals surface area contributed by atoms with Gasteiger partial charge in [0.2, 0.25) is 5.43 Å². The van der Waals surface area contributed by atoms with Gasteiger partial charge in [0.05, 0.1) is 17.8 Å². The zero-order valence-corrected chi connectivity index (χ0v) is 30.6. The third kappa shape index (κ3) is 7.85. The number of carbonyl (C=O) groups is 2. The molecule has 5 aromatic rings. The molecule has 1 fully saturated rings. The molecule has 6 rings (SSSR count). The lowest BCUT2D eigenvalue weighted by Crippen LogP contribution is -2.42. The van der Waals surface area contributed by atoms with Crippen molar-refractivity contribution in [2.75, 3.05) is 24.1 Å². The molecule has 0 bridgehead atoms. The molecule has 1 aliphatic heterocycles. The molecule has 0 aliphatic carbocycles. The number of nitrogens with zero attached hydrogens (tertiary/aromatic N) is 6. The Morgan fingerprint density at radius 3 is 2.31 bits per heavy atom. The number of pyridine rings is 2. The number of hydrogen-bond donors (Lipinski definition) is 2. The number of nitriles is 1. The standard InChI is InChI=1S/C40H40F2N8O4/c1-23(2)49-22-32(36(51)35(34(49)18-43)24-6-8-27(41)9-7-24)38(52)47-28-10-11-30(33(42)17-28)31-16-25(19-45-37(31)44)26-20-46-50(21-26)29-12-14-48(15-13-29)39(53)54-40(3,4)5/h6-11,16-17,19-23,29H,12-15H2,1-5H3,(H2,44,45)(H,47,52). The molecule has 0 saturated carbocycles. The second kappa shape index (κ2) is 14.9. The number of hydrogen-bond acceptors (Lipinski definition) is 8. The Bertz CT molecular complexity index is 2330. The van der Waals surface area contributed by atoms with Gasteiger partial charge in [-0.05, 0) is 89.4 Å². The fourth-order valence-electron chi connectivity index (χ4n) is 6.39. The summed E-state index contributed by atoms with van der Waals surface area (Å²) in [5.41, 5.74) is 6.86. The maximum absolute atomic E-state index is 15.8. The van der Waals surface area contributed by atoms with Crippen LogP contribution in [0.4, 0.5) is 25.1 Å². The fraction of sp³-hybridized carbons (Fsp3) is 0.300. The number of nitrogens with one attached hydrogen (secondary N) is 1. The monoisotopic (exact) mass is 734 g/mol. The second-order valence-electron chi connectivity index (χ2n) is 14.4. The molecular weight excluding hydrogens is 694 g/mol. The van der Waals surface area contributed by atoms with Gasteiger partial charge in [0.1, 0.15) is 40.4 Å². The number of aromatic nitrogens is 4. The lowest BCUT2D eigenvalue weighted by molar-refractivity contribution is 0.0184. The van der Waals surface area contributed by atoms with E-state index in [1.165, 1.54) is 47.2 Å². The van der Waals surface area contributed by atoms with Crippen LogP contribution >= 0.6 is 0 Å². The number of nitrogen functional groups attached to an aromatic ring is 1. The highest BCUT2D eigenvalue weighted by Crippen LogP contribution is 2.34. The normalized spacial score (nSPS) is 13.5. The van der Waals surface area contributed by atoms with E-state index >= 15 is 4.39 Å². The van der Waals surface area contributed by atoms with E-state index in [2.05, 4.69) is 15.4 Å². The summed E-state index contributed by atoms with van der Waals surface area (Å²) < 4.78 is 38.3. The van der Waals surface area contributed by atoms with Crippen LogP contribution in [0.1, 0.15) is 75.6 Å². The number of halogens is 2. The van der Waals surface area contributed by atoms with Crippen LogP contribution in [0.2, 0.25) is 0 Å². The van der Waals surface area contributed by atoms with Crippen molar-refractivity contribution in [3.63, 3.8) is 0 Å². The van der Waals surface area contributed by atoms with Gasteiger partial charge in [-0.2, -0.15) is 10.4 Å². The molecule has 0 radical (unpaired) electrons. The first kappa shape index (κ1) is 37.4. The Morgan fingerprint density at radius 2 is 1.69 bits per heavy atom. The van der Waals surface area contributed by atoms with Gasteiger partial charge >= 0.3 is 6.09 Å². The molecule has 14 heteroatoms. The summed E-state index contributed by atoms with van der Waals surface area (Å²) in [5.74, 6) is -1.94. The quantitative estimate of drug-likeness (QED) is 0.173. The maximum Gasteiger partial charge on any atom is 0.410 e. The van der Waals surface area contributed by atoms with E-state index in [1.807, 2.05) is 37.7 Å². The molecule has 4 heterocycles. The zero-order valence-electron chi connectivity index (χ0n) is 30.6. The number of carbonyl (C=O) groups excluding carboxylic acids is 2. The molecule has 1 saturated heterocycles. The first-order valence-corrected chi connectivity index (χ1v) is 17.5. The minimum atomic E-state index is -0.815. The van der Waals surface area contributed by atoms with Crippen molar-refractivity contribution in [3.8, 4) is 39.4 Å². The van der Waals surface area contributed by atoms with Crippen molar-refractivity contribution < 1.29 is 23.1 Å². The molecule has 0 unspecified atom stereocenters. The number of ether oxygens (including phenoxy) is 1. The Labute approximate surface area is 310 Å². The lowest BCUT2D eigenvalue weighted by Gasteiger charge is -2.33. The minimum absolute atomic E-state index is 0.0231. The first-order chi connectivity index (χ1) is 25.6. The summed E-state index contributed by atoms with van der Waals surface area (Å²) in [7, 11) is 0. The van der Waals surface area contributed by atoms with Crippen molar-refractivity contribution in [1.29, 1.82) is 5.26 Å². The maximum atomic E-state index is 15.8. The van der Waals surface area contributed by atoms with E-state index in [0.29, 0.717) is 37.1 Å². The number of benzene rings is 2. The summed E-state index contributed by atoms with van der Waals surface area (Å²) in [5, 5.41) is 17.1. The highest BCUT2D eigenvalue weighted by Gasteiger charge is 2.28. The smallest absolute Gasteiger partial charge is 0.410 e. The molecule has 2 aromatic carbocycles. The molecular formula is C40H40F2N8O4. The van der Waals surface area contributed by atoms with Crippen LogP contribution in [-0.2, 0) is 4.74 Å². The molecule has 12 nitrogen and oxygen atoms in total. The number of piperidine rings is 1. The average Bonchev–Trinajstić information content (AvgIpc) is 3.62. The van der Waals surface area contributed by atoms with Gasteiger partial charge in [-0.25, -0.2) is 18.6 Å². The predicted molar refractivity (Wildman–Crippen MR) is 200 cm³/mol. The molecule has 2 amide bonds. The highest BCUT2D eigenvalue weighted by atomic mass is 19.1. The summed E-state index contributed by atoms with van der Waals surface area (Å²) in [4.78, 5) is 45.7. The van der Waals surface area contributed by atoms with Crippen molar-refractivity contribution in [1.82, 2.24) is 24.2 Å². The fourth-order valence-corrected chi connectivity index (χ4v) is 6.39. The van der Waals surface area contributed by atoms with E-state index in [4.69, 9.17) is 10.5 Å². The summed E-state index contributed by atoms with van der Waals surface area (Å²) in [6, 6.07) is 12.6. The largest absolute Gasteiger partial charge is 0.444 e. The van der Waals surface area contributed by atoms with Gasteiger partial charge in [0, 0.05) is 65.7 Å².